The molecule has 5 heteroatoms. The fraction of sp³-hybridized carbons (Fsp3) is 0.857. The molecule has 1 aliphatic rings. The molecule has 70 valence electrons. The van der Waals surface area contributed by atoms with Crippen molar-refractivity contribution in [2.75, 3.05) is 0 Å². The highest BCUT2D eigenvalue weighted by Crippen LogP contribution is 2.39. The van der Waals surface area contributed by atoms with Crippen molar-refractivity contribution < 1.29 is 22.7 Å². The van der Waals surface area contributed by atoms with E-state index in [4.69, 9.17) is 0 Å². The zero-order chi connectivity index (χ0) is 9.41. The van der Waals surface area contributed by atoms with Crippen LogP contribution in [-0.4, -0.2) is 17.7 Å². The summed E-state index contributed by atoms with van der Waals surface area (Å²) in [5.41, 5.74) is -2.26. The van der Waals surface area contributed by atoms with E-state index >= 15 is 0 Å². The molecule has 1 rings (SSSR count). The molecule has 0 aromatic heterocycles. The van der Waals surface area contributed by atoms with Gasteiger partial charge in [-0.1, -0.05) is 0 Å². The summed E-state index contributed by atoms with van der Waals surface area (Å²) in [4.78, 5) is 10.6. The Bertz CT molecular complexity index is 199. The highest BCUT2D eigenvalue weighted by Gasteiger charge is 2.55. The van der Waals surface area contributed by atoms with Gasteiger partial charge < -0.3 is 4.74 Å². The molecule has 0 saturated carbocycles. The molecule has 0 aliphatic carbocycles. The van der Waals surface area contributed by atoms with Crippen LogP contribution in [-0.2, 0) is 9.53 Å². The van der Waals surface area contributed by atoms with Gasteiger partial charge in [0, 0.05) is 6.42 Å². The van der Waals surface area contributed by atoms with Crippen molar-refractivity contribution in [1.29, 1.82) is 0 Å². The van der Waals surface area contributed by atoms with Crippen molar-refractivity contribution in [1.82, 2.24) is 0 Å². The van der Waals surface area contributed by atoms with Gasteiger partial charge in [0.1, 0.15) is 0 Å². The van der Waals surface area contributed by atoms with Crippen molar-refractivity contribution in [2.45, 2.75) is 38.0 Å². The summed E-state index contributed by atoms with van der Waals surface area (Å²) in [7, 11) is 0. The van der Waals surface area contributed by atoms with E-state index in [9.17, 15) is 18.0 Å². The Hall–Kier alpha value is -0.740. The highest BCUT2D eigenvalue weighted by molar-refractivity contribution is 5.70. The molecule has 0 amide bonds. The number of hydrogen-bond acceptors (Lipinski definition) is 2. The standard InChI is InChI=1S/C7H9F3O2/c1-6(7(8,9)10)4-2-3-5(11)12-6/h2-4H2,1H3. The minimum atomic E-state index is -4.46. The molecule has 1 atom stereocenters. The Labute approximate surface area is 67.7 Å². The molecule has 1 aliphatic heterocycles. The molecule has 0 aromatic carbocycles. The Morgan fingerprint density at radius 2 is 2.08 bits per heavy atom. The Morgan fingerprint density at radius 3 is 2.42 bits per heavy atom. The lowest BCUT2D eigenvalue weighted by Crippen LogP contribution is -2.48. The Kier molecular flexibility index (Phi) is 2.06. The van der Waals surface area contributed by atoms with Crippen molar-refractivity contribution in [2.24, 2.45) is 0 Å². The molecule has 0 spiro atoms. The number of ether oxygens (including phenoxy) is 1. The van der Waals surface area contributed by atoms with Crippen molar-refractivity contribution in [3.05, 3.63) is 0 Å². The first kappa shape index (κ1) is 9.35. The van der Waals surface area contributed by atoms with Gasteiger partial charge in [-0.05, 0) is 19.8 Å². The lowest BCUT2D eigenvalue weighted by molar-refractivity contribution is -0.272. The predicted molar refractivity (Wildman–Crippen MR) is 34.4 cm³/mol. The molecular formula is C7H9F3O2. The first-order chi connectivity index (χ1) is 5.35. The number of rotatable bonds is 0. The summed E-state index contributed by atoms with van der Waals surface area (Å²) >= 11 is 0. The maximum absolute atomic E-state index is 12.2. The second-order valence-electron chi connectivity index (χ2n) is 3.06. The van der Waals surface area contributed by atoms with Crippen molar-refractivity contribution in [3.63, 3.8) is 0 Å². The first-order valence-corrected chi connectivity index (χ1v) is 3.64. The summed E-state index contributed by atoms with van der Waals surface area (Å²) in [5.74, 6) is -0.763. The number of halogens is 3. The van der Waals surface area contributed by atoms with E-state index in [1.165, 1.54) is 0 Å². The zero-order valence-corrected chi connectivity index (χ0v) is 6.57. The van der Waals surface area contributed by atoms with E-state index < -0.39 is 17.7 Å². The van der Waals surface area contributed by atoms with Gasteiger partial charge in [0.25, 0.3) is 0 Å². The van der Waals surface area contributed by atoms with Crippen LogP contribution in [0.4, 0.5) is 13.2 Å². The van der Waals surface area contributed by atoms with Crippen LogP contribution >= 0.6 is 0 Å². The van der Waals surface area contributed by atoms with Crippen LogP contribution in [0.1, 0.15) is 26.2 Å². The quantitative estimate of drug-likeness (QED) is 0.536. The van der Waals surface area contributed by atoms with Crippen LogP contribution < -0.4 is 0 Å². The number of cyclic esters (lactones) is 1. The Balaban J connectivity index is 2.77. The zero-order valence-electron chi connectivity index (χ0n) is 6.57. The van der Waals surface area contributed by atoms with Gasteiger partial charge in [0.15, 0.2) is 0 Å². The van der Waals surface area contributed by atoms with E-state index in [0.717, 1.165) is 6.92 Å². The molecule has 0 aromatic rings. The van der Waals surface area contributed by atoms with Crippen molar-refractivity contribution in [3.8, 4) is 0 Å². The minimum absolute atomic E-state index is 0.0890. The fourth-order valence-electron chi connectivity index (χ4n) is 1.12. The molecule has 2 nitrogen and oxygen atoms in total. The van der Waals surface area contributed by atoms with E-state index in [1.807, 2.05) is 0 Å². The maximum Gasteiger partial charge on any atom is 0.428 e. The van der Waals surface area contributed by atoms with E-state index in [-0.39, 0.29) is 19.3 Å². The van der Waals surface area contributed by atoms with Gasteiger partial charge in [-0.2, -0.15) is 13.2 Å². The molecule has 0 radical (unpaired) electrons. The molecule has 0 bridgehead atoms. The third kappa shape index (κ3) is 1.54. The third-order valence-electron chi connectivity index (χ3n) is 1.97. The van der Waals surface area contributed by atoms with Crippen LogP contribution in [0.5, 0.6) is 0 Å². The smallest absolute Gasteiger partial charge is 0.428 e. The molecule has 1 unspecified atom stereocenters. The average Bonchev–Trinajstić information content (AvgIpc) is 1.83. The maximum atomic E-state index is 12.2. The van der Waals surface area contributed by atoms with Gasteiger partial charge in [-0.15, -0.1) is 0 Å². The second-order valence-corrected chi connectivity index (χ2v) is 3.06. The van der Waals surface area contributed by atoms with Crippen LogP contribution in [0.3, 0.4) is 0 Å². The fourth-order valence-corrected chi connectivity index (χ4v) is 1.12. The van der Waals surface area contributed by atoms with E-state index in [0.29, 0.717) is 0 Å². The lowest BCUT2D eigenvalue weighted by Gasteiger charge is -2.34. The van der Waals surface area contributed by atoms with Gasteiger partial charge in [0.2, 0.25) is 5.60 Å². The first-order valence-electron chi connectivity index (χ1n) is 3.64. The topological polar surface area (TPSA) is 26.3 Å². The second kappa shape index (κ2) is 2.64. The van der Waals surface area contributed by atoms with Gasteiger partial charge in [0.05, 0.1) is 0 Å². The summed E-state index contributed by atoms with van der Waals surface area (Å²) in [5, 5.41) is 0. The van der Waals surface area contributed by atoms with Gasteiger partial charge in [-0.25, -0.2) is 0 Å². The van der Waals surface area contributed by atoms with Crippen molar-refractivity contribution >= 4 is 5.97 Å². The van der Waals surface area contributed by atoms with E-state index in [1.54, 1.807) is 0 Å². The normalized spacial score (nSPS) is 31.5. The predicted octanol–water partition coefficient (Wildman–Crippen LogP) is 2.03. The third-order valence-corrected chi connectivity index (χ3v) is 1.97. The molecule has 1 fully saturated rings. The Morgan fingerprint density at radius 1 is 1.50 bits per heavy atom. The number of esters is 1. The summed E-state index contributed by atoms with van der Waals surface area (Å²) in [6.07, 6.45) is -4.26. The number of carbonyl (C=O) groups excluding carboxylic acids is 1. The largest absolute Gasteiger partial charge is 0.450 e. The molecule has 1 heterocycles. The number of alkyl halides is 3. The molecular weight excluding hydrogens is 173 g/mol. The number of hydrogen-bond donors (Lipinski definition) is 0. The molecule has 12 heavy (non-hydrogen) atoms. The number of carbonyl (C=O) groups is 1. The minimum Gasteiger partial charge on any atom is -0.450 e. The monoisotopic (exact) mass is 182 g/mol. The van der Waals surface area contributed by atoms with Gasteiger partial charge >= 0.3 is 12.1 Å². The molecule has 0 N–H and O–H groups in total. The molecule has 1 saturated heterocycles. The van der Waals surface area contributed by atoms with Crippen LogP contribution in [0.2, 0.25) is 0 Å². The summed E-state index contributed by atoms with van der Waals surface area (Å²) in [6, 6.07) is 0. The van der Waals surface area contributed by atoms with Crippen LogP contribution in [0.15, 0.2) is 0 Å². The summed E-state index contributed by atoms with van der Waals surface area (Å²) in [6.45, 7) is 0.907. The van der Waals surface area contributed by atoms with E-state index in [2.05, 4.69) is 4.74 Å². The van der Waals surface area contributed by atoms with Crippen LogP contribution in [0, 0.1) is 0 Å². The average molecular weight is 182 g/mol. The highest BCUT2D eigenvalue weighted by atomic mass is 19.4. The lowest BCUT2D eigenvalue weighted by atomic mass is 9.95. The van der Waals surface area contributed by atoms with Crippen LogP contribution in [0.25, 0.3) is 0 Å². The summed E-state index contributed by atoms with van der Waals surface area (Å²) < 4.78 is 40.9. The SMILES string of the molecule is CC1(C(F)(F)F)CCCC(=O)O1. The van der Waals surface area contributed by atoms with Gasteiger partial charge in [-0.3, -0.25) is 4.79 Å².